The van der Waals surface area contributed by atoms with E-state index in [1.54, 1.807) is 12.3 Å². The maximum Gasteiger partial charge on any atom is 0.225 e. The number of carbonyl (C=O) groups is 1. The van der Waals surface area contributed by atoms with Crippen molar-refractivity contribution in [1.82, 2.24) is 5.32 Å². The summed E-state index contributed by atoms with van der Waals surface area (Å²) in [7, 11) is 0. The van der Waals surface area contributed by atoms with Crippen molar-refractivity contribution in [2.24, 2.45) is 10.4 Å². The van der Waals surface area contributed by atoms with E-state index in [1.165, 1.54) is 0 Å². The lowest BCUT2D eigenvalue weighted by Crippen LogP contribution is -2.35. The Morgan fingerprint density at radius 3 is 2.90 bits per heavy atom. The first-order chi connectivity index (χ1) is 9.38. The van der Waals surface area contributed by atoms with Crippen LogP contribution in [0.2, 0.25) is 0 Å². The van der Waals surface area contributed by atoms with Crippen LogP contribution >= 0.6 is 0 Å². The van der Waals surface area contributed by atoms with Gasteiger partial charge >= 0.3 is 0 Å². The molecule has 0 radical (unpaired) electrons. The number of phenolic OH excluding ortho intramolecular Hbond substituents is 1. The molecule has 1 amide bonds. The molecule has 0 saturated carbocycles. The molecule has 1 aromatic carbocycles. The molecule has 1 aliphatic rings. The number of aromatic hydroxyl groups is 1. The minimum atomic E-state index is -0.397. The first-order valence-electron chi connectivity index (χ1n) is 6.78. The van der Waals surface area contributed by atoms with Crippen LogP contribution in [0.15, 0.2) is 17.1 Å². The highest BCUT2D eigenvalue weighted by molar-refractivity contribution is 5.82. The number of fused-ring (bicyclic) bond motifs is 1. The second-order valence-electron chi connectivity index (χ2n) is 5.95. The Morgan fingerprint density at radius 1 is 1.45 bits per heavy atom. The average Bonchev–Trinajstić information content (AvgIpc) is 2.38. The van der Waals surface area contributed by atoms with Gasteiger partial charge in [-0.2, -0.15) is 0 Å². The van der Waals surface area contributed by atoms with E-state index in [0.29, 0.717) is 19.5 Å². The summed E-state index contributed by atoms with van der Waals surface area (Å²) in [6.07, 6.45) is 2.38. The van der Waals surface area contributed by atoms with Gasteiger partial charge < -0.3 is 15.7 Å². The van der Waals surface area contributed by atoms with E-state index >= 15 is 0 Å². The third-order valence-electron chi connectivity index (χ3n) is 3.17. The Balaban J connectivity index is 2.01. The van der Waals surface area contributed by atoms with Gasteiger partial charge in [-0.1, -0.05) is 20.8 Å². The van der Waals surface area contributed by atoms with Gasteiger partial charge in [-0.15, -0.1) is 0 Å². The second kappa shape index (κ2) is 5.53. The summed E-state index contributed by atoms with van der Waals surface area (Å²) in [6.45, 7) is 6.80. The smallest absolute Gasteiger partial charge is 0.225 e. The van der Waals surface area contributed by atoms with E-state index in [0.717, 1.165) is 16.9 Å². The lowest BCUT2D eigenvalue weighted by atomic mass is 9.95. The SMILES string of the molecule is CC(C)(C)C(=O)NCCc1cc2c(cc1O)NCC=N2. The first kappa shape index (κ1) is 14.4. The number of rotatable bonds is 3. The number of hydrogen-bond acceptors (Lipinski definition) is 4. The van der Waals surface area contributed by atoms with Crippen LogP contribution < -0.4 is 10.6 Å². The third kappa shape index (κ3) is 3.29. The van der Waals surface area contributed by atoms with Crippen LogP contribution in [-0.2, 0) is 11.2 Å². The molecule has 0 aromatic heterocycles. The Bertz CT molecular complexity index is 545. The zero-order valence-electron chi connectivity index (χ0n) is 12.2. The van der Waals surface area contributed by atoms with Gasteiger partial charge in [0.25, 0.3) is 0 Å². The summed E-state index contributed by atoms with van der Waals surface area (Å²) >= 11 is 0. The Labute approximate surface area is 119 Å². The van der Waals surface area contributed by atoms with Crippen LogP contribution in [0.1, 0.15) is 26.3 Å². The van der Waals surface area contributed by atoms with Crippen LogP contribution in [0, 0.1) is 5.41 Å². The van der Waals surface area contributed by atoms with Crippen LogP contribution in [0.25, 0.3) is 0 Å². The number of anilines is 1. The summed E-state index contributed by atoms with van der Waals surface area (Å²) in [6, 6.07) is 3.54. The number of nitrogens with one attached hydrogen (secondary N) is 2. The molecule has 2 rings (SSSR count). The zero-order chi connectivity index (χ0) is 14.8. The van der Waals surface area contributed by atoms with Crippen LogP contribution in [0.4, 0.5) is 11.4 Å². The van der Waals surface area contributed by atoms with Crippen molar-refractivity contribution in [2.75, 3.05) is 18.4 Å². The van der Waals surface area contributed by atoms with E-state index in [1.807, 2.05) is 26.8 Å². The molecule has 0 saturated heterocycles. The number of aliphatic imine (C=N–C) groups is 1. The Morgan fingerprint density at radius 2 is 2.20 bits per heavy atom. The van der Waals surface area contributed by atoms with Gasteiger partial charge in [0.2, 0.25) is 5.91 Å². The molecular weight excluding hydrogens is 254 g/mol. The van der Waals surface area contributed by atoms with E-state index < -0.39 is 5.41 Å². The Kier molecular flexibility index (Phi) is 3.97. The fourth-order valence-electron chi connectivity index (χ4n) is 1.94. The molecule has 0 spiro atoms. The molecule has 0 fully saturated rings. The lowest BCUT2D eigenvalue weighted by Gasteiger charge is -2.18. The molecule has 0 unspecified atom stereocenters. The number of carbonyl (C=O) groups excluding carboxylic acids is 1. The second-order valence-corrected chi connectivity index (χ2v) is 5.95. The molecule has 0 aliphatic carbocycles. The van der Waals surface area contributed by atoms with Crippen LogP contribution in [-0.4, -0.2) is 30.3 Å². The minimum absolute atomic E-state index is 0.00892. The molecular formula is C15H21N3O2. The van der Waals surface area contributed by atoms with Crippen molar-refractivity contribution in [2.45, 2.75) is 27.2 Å². The average molecular weight is 275 g/mol. The number of amides is 1. The van der Waals surface area contributed by atoms with Crippen LogP contribution in [0.3, 0.4) is 0 Å². The fourth-order valence-corrected chi connectivity index (χ4v) is 1.94. The lowest BCUT2D eigenvalue weighted by molar-refractivity contribution is -0.128. The van der Waals surface area contributed by atoms with Gasteiger partial charge in [0, 0.05) is 24.2 Å². The molecule has 108 valence electrons. The largest absolute Gasteiger partial charge is 0.508 e. The number of benzene rings is 1. The van der Waals surface area contributed by atoms with E-state index in [4.69, 9.17) is 0 Å². The van der Waals surface area contributed by atoms with Gasteiger partial charge in [-0.3, -0.25) is 9.79 Å². The van der Waals surface area contributed by atoms with Crippen molar-refractivity contribution < 1.29 is 9.90 Å². The van der Waals surface area contributed by atoms with Crippen molar-refractivity contribution in [3.63, 3.8) is 0 Å². The molecule has 5 nitrogen and oxygen atoms in total. The highest BCUT2D eigenvalue weighted by Crippen LogP contribution is 2.33. The van der Waals surface area contributed by atoms with Crippen molar-refractivity contribution in [1.29, 1.82) is 0 Å². The van der Waals surface area contributed by atoms with Gasteiger partial charge in [-0.05, 0) is 18.1 Å². The molecule has 5 heteroatoms. The zero-order valence-corrected chi connectivity index (χ0v) is 12.2. The maximum atomic E-state index is 11.8. The van der Waals surface area contributed by atoms with Crippen molar-refractivity contribution in [3.05, 3.63) is 17.7 Å². The van der Waals surface area contributed by atoms with Crippen molar-refractivity contribution >= 4 is 23.5 Å². The fraction of sp³-hybridized carbons (Fsp3) is 0.467. The molecule has 0 atom stereocenters. The van der Waals surface area contributed by atoms with E-state index in [9.17, 15) is 9.90 Å². The molecule has 1 aromatic rings. The summed E-state index contributed by atoms with van der Waals surface area (Å²) < 4.78 is 0. The molecule has 20 heavy (non-hydrogen) atoms. The highest BCUT2D eigenvalue weighted by Gasteiger charge is 2.20. The monoisotopic (exact) mass is 275 g/mol. The minimum Gasteiger partial charge on any atom is -0.508 e. The topological polar surface area (TPSA) is 73.7 Å². The Hall–Kier alpha value is -2.04. The third-order valence-corrected chi connectivity index (χ3v) is 3.17. The van der Waals surface area contributed by atoms with Gasteiger partial charge in [0.1, 0.15) is 5.75 Å². The van der Waals surface area contributed by atoms with Gasteiger partial charge in [0.05, 0.1) is 17.9 Å². The predicted molar refractivity (Wildman–Crippen MR) is 80.9 cm³/mol. The summed E-state index contributed by atoms with van der Waals surface area (Å²) in [4.78, 5) is 16.1. The quantitative estimate of drug-likeness (QED) is 0.792. The maximum absolute atomic E-state index is 11.8. The van der Waals surface area contributed by atoms with Gasteiger partial charge in [0.15, 0.2) is 0 Å². The normalized spacial score (nSPS) is 13.6. The number of hydrogen-bond donors (Lipinski definition) is 3. The van der Waals surface area contributed by atoms with Crippen LogP contribution in [0.5, 0.6) is 5.75 Å². The van der Waals surface area contributed by atoms with Gasteiger partial charge in [-0.25, -0.2) is 0 Å². The number of phenols is 1. The first-order valence-corrected chi connectivity index (χ1v) is 6.78. The standard InChI is InChI=1S/C15H21N3O2/c1-15(2,3)14(20)18-5-4-10-8-11-12(9-13(10)19)17-7-6-16-11/h6,8-9,17,19H,4-5,7H2,1-3H3,(H,18,20). The highest BCUT2D eigenvalue weighted by atomic mass is 16.3. The molecule has 0 bridgehead atoms. The summed E-state index contributed by atoms with van der Waals surface area (Å²) in [5.41, 5.74) is 2.06. The molecule has 1 heterocycles. The molecule has 1 aliphatic heterocycles. The number of nitrogens with zero attached hydrogens (tertiary/aromatic N) is 1. The van der Waals surface area contributed by atoms with Crippen molar-refractivity contribution in [3.8, 4) is 5.75 Å². The molecule has 3 N–H and O–H groups in total. The summed E-state index contributed by atoms with van der Waals surface area (Å²) in [5, 5.41) is 16.0. The van der Waals surface area contributed by atoms with E-state index in [-0.39, 0.29) is 11.7 Å². The predicted octanol–water partition coefficient (Wildman–Crippen LogP) is 2.22. The van der Waals surface area contributed by atoms with E-state index in [2.05, 4.69) is 15.6 Å². The summed E-state index contributed by atoms with van der Waals surface area (Å²) in [5.74, 6) is 0.244.